The van der Waals surface area contributed by atoms with Crippen molar-refractivity contribution in [1.82, 2.24) is 10.2 Å². The molecule has 0 fully saturated rings. The highest BCUT2D eigenvalue weighted by atomic mass is 16.3. The summed E-state index contributed by atoms with van der Waals surface area (Å²) in [5, 5.41) is 3.92. The molecule has 0 saturated carbocycles. The van der Waals surface area contributed by atoms with E-state index in [1.807, 2.05) is 63.2 Å². The Morgan fingerprint density at radius 1 is 1.25 bits per heavy atom. The van der Waals surface area contributed by atoms with Gasteiger partial charge in [0.15, 0.2) is 5.76 Å². The molecule has 2 aromatic heterocycles. The Kier molecular flexibility index (Phi) is 4.44. The lowest BCUT2D eigenvalue weighted by atomic mass is 10.1. The zero-order chi connectivity index (χ0) is 17.3. The third-order valence-corrected chi connectivity index (χ3v) is 4.25. The first-order valence-corrected chi connectivity index (χ1v) is 7.95. The summed E-state index contributed by atoms with van der Waals surface area (Å²) in [7, 11) is 3.91. The maximum absolute atomic E-state index is 12.6. The highest BCUT2D eigenvalue weighted by molar-refractivity contribution is 5.99. The topological polar surface area (TPSA) is 58.6 Å². The third kappa shape index (κ3) is 3.08. The lowest BCUT2D eigenvalue weighted by Crippen LogP contribution is -2.34. The number of carbonyl (C=O) groups excluding carboxylic acids is 1. The van der Waals surface area contributed by atoms with Crippen LogP contribution >= 0.6 is 0 Å². The van der Waals surface area contributed by atoms with E-state index >= 15 is 0 Å². The predicted octanol–water partition coefficient (Wildman–Crippen LogP) is 3.68. The van der Waals surface area contributed by atoms with Gasteiger partial charge in [-0.15, -0.1) is 0 Å². The van der Waals surface area contributed by atoms with E-state index in [0.29, 0.717) is 12.3 Å². The summed E-state index contributed by atoms with van der Waals surface area (Å²) >= 11 is 0. The number of hydrogen-bond donors (Lipinski definition) is 1. The van der Waals surface area contributed by atoms with E-state index in [9.17, 15) is 4.79 Å². The second-order valence-electron chi connectivity index (χ2n) is 6.26. The number of hydrogen-bond acceptors (Lipinski definition) is 4. The molecule has 1 unspecified atom stereocenters. The van der Waals surface area contributed by atoms with Crippen molar-refractivity contribution in [2.24, 2.45) is 0 Å². The number of nitrogens with one attached hydrogen (secondary N) is 1. The Bertz CT molecular complexity index is 847. The van der Waals surface area contributed by atoms with Gasteiger partial charge >= 0.3 is 0 Å². The second kappa shape index (κ2) is 6.53. The molecule has 0 radical (unpaired) electrons. The van der Waals surface area contributed by atoms with Crippen LogP contribution < -0.4 is 5.32 Å². The van der Waals surface area contributed by atoms with Crippen LogP contribution in [0.3, 0.4) is 0 Å². The molecular formula is C19H22N2O3. The number of carbonyl (C=O) groups is 1. The highest BCUT2D eigenvalue weighted by Gasteiger charge is 2.21. The van der Waals surface area contributed by atoms with Gasteiger partial charge in [-0.1, -0.05) is 12.1 Å². The van der Waals surface area contributed by atoms with Crippen LogP contribution in [0.2, 0.25) is 0 Å². The Morgan fingerprint density at radius 2 is 2.04 bits per heavy atom. The Labute approximate surface area is 141 Å². The van der Waals surface area contributed by atoms with Crippen LogP contribution in [0.15, 0.2) is 45.4 Å². The van der Waals surface area contributed by atoms with Crippen molar-refractivity contribution in [3.8, 4) is 0 Å². The van der Waals surface area contributed by atoms with Crippen molar-refractivity contribution < 1.29 is 13.6 Å². The number of aryl methyl sites for hydroxylation is 2. The molecule has 0 aliphatic heterocycles. The van der Waals surface area contributed by atoms with Crippen molar-refractivity contribution in [2.75, 3.05) is 20.6 Å². The summed E-state index contributed by atoms with van der Waals surface area (Å²) in [6, 6.07) is 9.68. The van der Waals surface area contributed by atoms with Crippen LogP contribution in [-0.2, 0) is 0 Å². The molecule has 1 amide bonds. The zero-order valence-electron chi connectivity index (χ0n) is 14.4. The van der Waals surface area contributed by atoms with Gasteiger partial charge in [-0.3, -0.25) is 9.69 Å². The van der Waals surface area contributed by atoms with Crippen LogP contribution in [-0.4, -0.2) is 31.4 Å². The average Bonchev–Trinajstić information content (AvgIpc) is 3.15. The molecule has 2 heterocycles. The van der Waals surface area contributed by atoms with Crippen molar-refractivity contribution in [1.29, 1.82) is 0 Å². The Hall–Kier alpha value is -2.53. The van der Waals surface area contributed by atoms with Gasteiger partial charge in [0.05, 0.1) is 12.3 Å². The normalized spacial score (nSPS) is 12.7. The minimum Gasteiger partial charge on any atom is -0.468 e. The lowest BCUT2D eigenvalue weighted by molar-refractivity contribution is 0.0912. The van der Waals surface area contributed by atoms with Crippen molar-refractivity contribution in [3.05, 3.63) is 59.2 Å². The number of fused-ring (bicyclic) bond motifs is 1. The van der Waals surface area contributed by atoms with Crippen LogP contribution in [0.4, 0.5) is 0 Å². The largest absolute Gasteiger partial charge is 0.468 e. The van der Waals surface area contributed by atoms with Gasteiger partial charge in [-0.2, -0.15) is 0 Å². The monoisotopic (exact) mass is 326 g/mol. The summed E-state index contributed by atoms with van der Waals surface area (Å²) < 4.78 is 11.2. The molecule has 5 heteroatoms. The van der Waals surface area contributed by atoms with Gasteiger partial charge < -0.3 is 14.2 Å². The first-order valence-electron chi connectivity index (χ1n) is 7.95. The maximum Gasteiger partial charge on any atom is 0.287 e. The molecule has 24 heavy (non-hydrogen) atoms. The van der Waals surface area contributed by atoms with Gasteiger partial charge in [0.2, 0.25) is 0 Å². The van der Waals surface area contributed by atoms with E-state index in [4.69, 9.17) is 8.83 Å². The number of rotatable bonds is 5. The summed E-state index contributed by atoms with van der Waals surface area (Å²) in [5.41, 5.74) is 2.71. The molecule has 3 aromatic rings. The van der Waals surface area contributed by atoms with E-state index in [1.54, 1.807) is 6.26 Å². The molecule has 0 aliphatic rings. The van der Waals surface area contributed by atoms with E-state index in [1.165, 1.54) is 0 Å². The number of benzene rings is 1. The van der Waals surface area contributed by atoms with Gasteiger partial charge in [0.25, 0.3) is 5.91 Å². The molecule has 1 N–H and O–H groups in total. The molecular weight excluding hydrogens is 304 g/mol. The molecule has 5 nitrogen and oxygen atoms in total. The average molecular weight is 326 g/mol. The molecule has 0 saturated heterocycles. The van der Waals surface area contributed by atoms with Crippen molar-refractivity contribution in [3.63, 3.8) is 0 Å². The van der Waals surface area contributed by atoms with Gasteiger partial charge in [0, 0.05) is 17.5 Å². The summed E-state index contributed by atoms with van der Waals surface area (Å²) in [5.74, 6) is 0.976. The number of likely N-dealkylation sites (N-methyl/N-ethyl adjacent to an activating group) is 1. The molecule has 0 spiro atoms. The fourth-order valence-electron chi connectivity index (χ4n) is 2.84. The minimum absolute atomic E-state index is 0.0316. The molecule has 126 valence electrons. The molecule has 1 atom stereocenters. The zero-order valence-corrected chi connectivity index (χ0v) is 14.4. The van der Waals surface area contributed by atoms with Crippen molar-refractivity contribution >= 4 is 16.9 Å². The van der Waals surface area contributed by atoms with Crippen LogP contribution in [0.1, 0.15) is 33.5 Å². The fourth-order valence-corrected chi connectivity index (χ4v) is 2.84. The third-order valence-electron chi connectivity index (χ3n) is 4.25. The Morgan fingerprint density at radius 3 is 2.71 bits per heavy atom. The predicted molar refractivity (Wildman–Crippen MR) is 93.2 cm³/mol. The van der Waals surface area contributed by atoms with Gasteiger partial charge in [0.1, 0.15) is 11.3 Å². The molecule has 0 bridgehead atoms. The minimum atomic E-state index is -0.209. The van der Waals surface area contributed by atoms with Gasteiger partial charge in [-0.05, 0) is 51.7 Å². The van der Waals surface area contributed by atoms with E-state index < -0.39 is 0 Å². The molecule has 3 rings (SSSR count). The lowest BCUT2D eigenvalue weighted by Gasteiger charge is -2.22. The number of nitrogens with zero attached hydrogens (tertiary/aromatic N) is 1. The van der Waals surface area contributed by atoms with E-state index in [0.717, 1.165) is 27.9 Å². The number of furan rings is 2. The van der Waals surface area contributed by atoms with Crippen LogP contribution in [0.5, 0.6) is 0 Å². The Balaban J connectivity index is 1.78. The molecule has 1 aromatic carbocycles. The SMILES string of the molecule is Cc1ccc2c(C)c(C(=O)NCC(c3ccco3)N(C)C)oc2c1. The van der Waals surface area contributed by atoms with Crippen LogP contribution in [0, 0.1) is 13.8 Å². The molecule has 0 aliphatic carbocycles. The van der Waals surface area contributed by atoms with E-state index in [2.05, 4.69) is 5.32 Å². The van der Waals surface area contributed by atoms with Crippen molar-refractivity contribution in [2.45, 2.75) is 19.9 Å². The summed E-state index contributed by atoms with van der Waals surface area (Å²) in [6.45, 7) is 4.35. The smallest absolute Gasteiger partial charge is 0.287 e. The first-order chi connectivity index (χ1) is 11.5. The fraction of sp³-hybridized carbons (Fsp3) is 0.316. The van der Waals surface area contributed by atoms with Crippen LogP contribution in [0.25, 0.3) is 11.0 Å². The maximum atomic E-state index is 12.6. The highest BCUT2D eigenvalue weighted by Crippen LogP contribution is 2.26. The first kappa shape index (κ1) is 16.3. The standard InChI is InChI=1S/C19H22N2O3/c1-12-7-8-14-13(2)18(24-17(14)10-12)19(22)20-11-15(21(3)4)16-6-5-9-23-16/h5-10,15H,11H2,1-4H3,(H,20,22). The number of amides is 1. The summed E-state index contributed by atoms with van der Waals surface area (Å²) in [6.07, 6.45) is 1.64. The quantitative estimate of drug-likeness (QED) is 0.777. The second-order valence-corrected chi connectivity index (χ2v) is 6.26. The van der Waals surface area contributed by atoms with E-state index in [-0.39, 0.29) is 11.9 Å². The summed E-state index contributed by atoms with van der Waals surface area (Å²) in [4.78, 5) is 14.6. The van der Waals surface area contributed by atoms with Gasteiger partial charge in [-0.25, -0.2) is 0 Å².